The second-order valence-corrected chi connectivity index (χ2v) is 3.96. The van der Waals surface area contributed by atoms with Crippen molar-refractivity contribution >= 4 is 17.9 Å². The highest BCUT2D eigenvalue weighted by Gasteiger charge is 2.18. The van der Waals surface area contributed by atoms with E-state index in [0.29, 0.717) is 13.1 Å². The highest BCUT2D eigenvalue weighted by atomic mass is 16.4. The molecule has 0 fully saturated rings. The van der Waals surface area contributed by atoms with Crippen molar-refractivity contribution in [2.75, 3.05) is 33.2 Å². The van der Waals surface area contributed by atoms with Crippen molar-refractivity contribution in [3.05, 3.63) is 0 Å². The Balaban J connectivity index is 4.20. The lowest BCUT2D eigenvalue weighted by molar-refractivity contribution is -0.146. The van der Waals surface area contributed by atoms with Crippen LogP contribution >= 0.6 is 0 Å². The maximum Gasteiger partial charge on any atom is 0.334 e. The summed E-state index contributed by atoms with van der Waals surface area (Å²) in [6.07, 6.45) is -1.66. The Morgan fingerprint density at radius 1 is 1.21 bits per heavy atom. The number of nitrogens with zero attached hydrogens (tertiary/aromatic N) is 2. The van der Waals surface area contributed by atoms with E-state index in [1.165, 1.54) is 7.05 Å². The van der Waals surface area contributed by atoms with E-state index >= 15 is 0 Å². The molecule has 0 spiro atoms. The van der Waals surface area contributed by atoms with Crippen molar-refractivity contribution < 1.29 is 24.6 Å². The minimum absolute atomic E-state index is 0.101. The fraction of sp³-hybridized carbons (Fsp3) is 0.727. The minimum atomic E-state index is -1.66. The van der Waals surface area contributed by atoms with E-state index in [4.69, 9.17) is 10.2 Å². The molecule has 8 nitrogen and oxygen atoms in total. The topological polar surface area (TPSA) is 110 Å². The molecule has 0 aromatic rings. The van der Waals surface area contributed by atoms with Crippen LogP contribution in [0.15, 0.2) is 0 Å². The van der Waals surface area contributed by atoms with E-state index in [2.05, 4.69) is 5.32 Å². The van der Waals surface area contributed by atoms with E-state index in [-0.39, 0.29) is 12.5 Å². The lowest BCUT2D eigenvalue weighted by atomic mass is 10.3. The first-order chi connectivity index (χ1) is 8.83. The quantitative estimate of drug-likeness (QED) is 0.548. The third-order valence-electron chi connectivity index (χ3n) is 2.57. The predicted octanol–water partition coefficient (Wildman–Crippen LogP) is -1.06. The predicted molar refractivity (Wildman–Crippen MR) is 67.6 cm³/mol. The number of carboxylic acids is 1. The Morgan fingerprint density at radius 3 is 2.16 bits per heavy atom. The van der Waals surface area contributed by atoms with Gasteiger partial charge in [0.05, 0.1) is 6.54 Å². The molecule has 1 unspecified atom stereocenters. The molecule has 0 radical (unpaired) electrons. The molecule has 0 aliphatic heterocycles. The van der Waals surface area contributed by atoms with E-state index in [0.717, 1.165) is 4.90 Å². The van der Waals surface area contributed by atoms with Crippen LogP contribution in [0.3, 0.4) is 0 Å². The first-order valence-corrected chi connectivity index (χ1v) is 6.01. The zero-order valence-corrected chi connectivity index (χ0v) is 11.4. The van der Waals surface area contributed by atoms with Crippen LogP contribution in [0, 0.1) is 0 Å². The molecule has 0 rings (SSSR count). The molecule has 0 aliphatic carbocycles. The Bertz CT molecular complexity index is 330. The molecule has 0 aliphatic rings. The van der Waals surface area contributed by atoms with E-state index < -0.39 is 24.6 Å². The van der Waals surface area contributed by atoms with Crippen LogP contribution in [0.2, 0.25) is 0 Å². The Morgan fingerprint density at radius 2 is 1.74 bits per heavy atom. The van der Waals surface area contributed by atoms with Crippen molar-refractivity contribution in [2.24, 2.45) is 0 Å². The average Bonchev–Trinajstić information content (AvgIpc) is 2.36. The summed E-state index contributed by atoms with van der Waals surface area (Å²) in [5, 5.41) is 19.7. The van der Waals surface area contributed by atoms with Gasteiger partial charge in [-0.3, -0.25) is 4.79 Å². The fourth-order valence-electron chi connectivity index (χ4n) is 1.36. The van der Waals surface area contributed by atoms with Crippen LogP contribution in [-0.2, 0) is 9.59 Å². The normalized spacial score (nSPS) is 11.6. The number of aliphatic hydroxyl groups excluding tert-OH is 1. The zero-order valence-electron chi connectivity index (χ0n) is 11.4. The maximum absolute atomic E-state index is 11.7. The molecule has 19 heavy (non-hydrogen) atoms. The van der Waals surface area contributed by atoms with Gasteiger partial charge in [0.1, 0.15) is 6.54 Å². The Labute approximate surface area is 112 Å². The molecule has 8 heteroatoms. The molecule has 110 valence electrons. The van der Waals surface area contributed by atoms with Crippen LogP contribution in [0.1, 0.15) is 13.8 Å². The van der Waals surface area contributed by atoms with Gasteiger partial charge in [-0.2, -0.15) is 0 Å². The molecular formula is C11H21N3O5. The fourth-order valence-corrected chi connectivity index (χ4v) is 1.36. The second kappa shape index (κ2) is 8.30. The first kappa shape index (κ1) is 17.2. The number of rotatable bonds is 7. The van der Waals surface area contributed by atoms with Crippen LogP contribution < -0.4 is 5.32 Å². The van der Waals surface area contributed by atoms with Gasteiger partial charge < -0.3 is 25.3 Å². The summed E-state index contributed by atoms with van der Waals surface area (Å²) in [4.78, 5) is 36.3. The highest BCUT2D eigenvalue weighted by Crippen LogP contribution is 1.93. The van der Waals surface area contributed by atoms with Crippen molar-refractivity contribution in [1.82, 2.24) is 15.1 Å². The molecule has 0 saturated carbocycles. The molecule has 0 aromatic heterocycles. The van der Waals surface area contributed by atoms with Crippen LogP contribution in [0.4, 0.5) is 4.79 Å². The summed E-state index contributed by atoms with van der Waals surface area (Å²) in [6, 6.07) is -0.610. The van der Waals surface area contributed by atoms with Crippen molar-refractivity contribution in [1.29, 1.82) is 0 Å². The van der Waals surface area contributed by atoms with Crippen LogP contribution in [0.25, 0.3) is 0 Å². The molecule has 1 atom stereocenters. The maximum atomic E-state index is 11.7. The molecular weight excluding hydrogens is 254 g/mol. The van der Waals surface area contributed by atoms with Gasteiger partial charge >= 0.3 is 12.0 Å². The number of hydrogen-bond acceptors (Lipinski definition) is 4. The van der Waals surface area contributed by atoms with Gasteiger partial charge in [0.2, 0.25) is 5.91 Å². The van der Waals surface area contributed by atoms with E-state index in [9.17, 15) is 14.4 Å². The Hall–Kier alpha value is -1.83. The van der Waals surface area contributed by atoms with Crippen molar-refractivity contribution in [2.45, 2.75) is 20.0 Å². The highest BCUT2D eigenvalue weighted by molar-refractivity contribution is 5.84. The molecule has 0 aromatic carbocycles. The van der Waals surface area contributed by atoms with Crippen molar-refractivity contribution in [3.63, 3.8) is 0 Å². The summed E-state index contributed by atoms with van der Waals surface area (Å²) in [7, 11) is 1.42. The van der Waals surface area contributed by atoms with Crippen LogP contribution in [0.5, 0.6) is 0 Å². The van der Waals surface area contributed by atoms with Gasteiger partial charge in [-0.05, 0) is 13.8 Å². The number of hydrogen-bond donors (Lipinski definition) is 3. The molecule has 0 saturated heterocycles. The number of urea groups is 1. The average molecular weight is 275 g/mol. The number of carbonyl (C=O) groups is 3. The molecule has 3 amide bonds. The lowest BCUT2D eigenvalue weighted by Gasteiger charge is -2.23. The van der Waals surface area contributed by atoms with Gasteiger partial charge in [0.25, 0.3) is 0 Å². The summed E-state index contributed by atoms with van der Waals surface area (Å²) in [6.45, 7) is 4.29. The monoisotopic (exact) mass is 275 g/mol. The number of aliphatic carboxylic acids is 1. The smallest absolute Gasteiger partial charge is 0.334 e. The summed E-state index contributed by atoms with van der Waals surface area (Å²) in [5.41, 5.74) is 0. The van der Waals surface area contributed by atoms with Gasteiger partial charge in [-0.15, -0.1) is 0 Å². The van der Waals surface area contributed by atoms with Crippen LogP contribution in [-0.4, -0.2) is 77.3 Å². The number of likely N-dealkylation sites (N-methyl/N-ethyl adjacent to an activating group) is 2. The van der Waals surface area contributed by atoms with Gasteiger partial charge in [-0.25, -0.2) is 9.59 Å². The minimum Gasteiger partial charge on any atom is -0.479 e. The summed E-state index contributed by atoms with van der Waals surface area (Å²) < 4.78 is 0. The molecule has 0 heterocycles. The molecule has 0 bridgehead atoms. The largest absolute Gasteiger partial charge is 0.479 e. The molecule has 3 N–H and O–H groups in total. The van der Waals surface area contributed by atoms with Gasteiger partial charge in [0.15, 0.2) is 6.10 Å². The van der Waals surface area contributed by atoms with E-state index in [1.807, 2.05) is 13.8 Å². The number of nitrogens with one attached hydrogen (secondary N) is 1. The number of carbonyl (C=O) groups excluding carboxylic acids is 2. The standard InChI is InChI=1S/C11H21N3O5/c1-4-14(5-2)9(16)7-13(3)11(19)12-6-8(15)10(17)18/h8,15H,4-7H2,1-3H3,(H,12,19)(H,17,18). The number of aliphatic hydroxyl groups is 1. The van der Waals surface area contributed by atoms with E-state index in [1.54, 1.807) is 4.90 Å². The van der Waals surface area contributed by atoms with Gasteiger partial charge in [-0.1, -0.05) is 0 Å². The van der Waals surface area contributed by atoms with Crippen molar-refractivity contribution in [3.8, 4) is 0 Å². The number of amides is 3. The van der Waals surface area contributed by atoms with Gasteiger partial charge in [0, 0.05) is 20.1 Å². The Kier molecular flexibility index (Phi) is 7.50. The second-order valence-electron chi connectivity index (χ2n) is 3.96. The third-order valence-corrected chi connectivity index (χ3v) is 2.57. The summed E-state index contributed by atoms with van der Waals surface area (Å²) in [5.74, 6) is -1.61. The summed E-state index contributed by atoms with van der Waals surface area (Å²) >= 11 is 0. The zero-order chi connectivity index (χ0) is 15.0. The third kappa shape index (κ3) is 6.05. The lowest BCUT2D eigenvalue weighted by Crippen LogP contribution is -2.47. The first-order valence-electron chi connectivity index (χ1n) is 6.01. The SMILES string of the molecule is CCN(CC)C(=O)CN(C)C(=O)NCC(O)C(=O)O. The number of carboxylic acid groups (broad SMARTS) is 1.